The summed E-state index contributed by atoms with van der Waals surface area (Å²) < 4.78 is 22.9. The van der Waals surface area contributed by atoms with Gasteiger partial charge >= 0.3 is 0 Å². The fourth-order valence-electron chi connectivity index (χ4n) is 2.07. The van der Waals surface area contributed by atoms with Gasteiger partial charge in [-0.15, -0.1) is 11.3 Å². The first-order valence-corrected chi connectivity index (χ1v) is 10.1. The van der Waals surface area contributed by atoms with Crippen LogP contribution in [0.5, 0.6) is 0 Å². The van der Waals surface area contributed by atoms with Crippen LogP contribution in [-0.4, -0.2) is 25.9 Å². The van der Waals surface area contributed by atoms with Crippen molar-refractivity contribution in [3.63, 3.8) is 0 Å². The summed E-state index contributed by atoms with van der Waals surface area (Å²) in [6.45, 7) is 7.65. The lowest BCUT2D eigenvalue weighted by Gasteiger charge is -2.06. The van der Waals surface area contributed by atoms with E-state index in [0.717, 1.165) is 15.6 Å². The van der Waals surface area contributed by atoms with E-state index in [0.29, 0.717) is 17.2 Å². The average Bonchev–Trinajstić information content (AvgIpc) is 2.85. The molecule has 1 aromatic heterocycles. The Kier molecular flexibility index (Phi) is 5.76. The molecule has 25 heavy (non-hydrogen) atoms. The monoisotopic (exact) mass is 376 g/mol. The molecule has 0 radical (unpaired) electrons. The smallest absolute Gasteiger partial charge is 0.175 e. The van der Waals surface area contributed by atoms with Crippen molar-refractivity contribution in [1.82, 2.24) is 4.98 Å². The second-order valence-electron chi connectivity index (χ2n) is 5.42. The van der Waals surface area contributed by atoms with Gasteiger partial charge < -0.3 is 11.1 Å². The largest absolute Gasteiger partial charge is 0.397 e. The molecule has 0 aliphatic heterocycles. The van der Waals surface area contributed by atoms with Gasteiger partial charge in [0, 0.05) is 18.2 Å². The molecule has 6 nitrogen and oxygen atoms in total. The van der Waals surface area contributed by atoms with Crippen LogP contribution in [0.25, 0.3) is 5.70 Å². The molecule has 0 atom stereocenters. The van der Waals surface area contributed by atoms with Gasteiger partial charge in [-0.1, -0.05) is 6.58 Å². The predicted molar refractivity (Wildman–Crippen MR) is 105 cm³/mol. The van der Waals surface area contributed by atoms with Crippen LogP contribution in [0.15, 0.2) is 52.6 Å². The Bertz CT molecular complexity index is 940. The highest BCUT2D eigenvalue weighted by molar-refractivity contribution is 7.90. The van der Waals surface area contributed by atoms with Gasteiger partial charge in [0.2, 0.25) is 0 Å². The molecule has 0 spiro atoms. The number of nitrogens with zero attached hydrogens (tertiary/aromatic N) is 2. The zero-order valence-corrected chi connectivity index (χ0v) is 15.9. The summed E-state index contributed by atoms with van der Waals surface area (Å²) in [6.07, 6.45) is 4.42. The highest BCUT2D eigenvalue weighted by Gasteiger charge is 2.07. The quantitative estimate of drug-likeness (QED) is 0.755. The highest BCUT2D eigenvalue weighted by atomic mass is 32.2. The summed E-state index contributed by atoms with van der Waals surface area (Å²) in [5.41, 5.74) is 8.22. The number of anilines is 1. The molecule has 0 saturated heterocycles. The number of benzene rings is 1. The van der Waals surface area contributed by atoms with Crippen LogP contribution < -0.4 is 11.1 Å². The van der Waals surface area contributed by atoms with Gasteiger partial charge in [-0.25, -0.2) is 18.4 Å². The van der Waals surface area contributed by atoms with Crippen molar-refractivity contribution in [2.75, 3.05) is 11.6 Å². The first-order chi connectivity index (χ1) is 11.7. The zero-order valence-electron chi connectivity index (χ0n) is 14.3. The minimum Gasteiger partial charge on any atom is -0.397 e. The predicted octanol–water partition coefficient (Wildman–Crippen LogP) is 3.12. The molecule has 2 rings (SSSR count). The Labute approximate surface area is 151 Å². The Hall–Kier alpha value is -2.45. The van der Waals surface area contributed by atoms with E-state index in [2.05, 4.69) is 21.9 Å². The molecule has 0 saturated carbocycles. The summed E-state index contributed by atoms with van der Waals surface area (Å²) in [4.78, 5) is 9.70. The van der Waals surface area contributed by atoms with Crippen LogP contribution in [0.4, 0.5) is 5.69 Å². The lowest BCUT2D eigenvalue weighted by Crippen LogP contribution is -1.99. The molecule has 2 aromatic rings. The number of hydrogen-bond acceptors (Lipinski definition) is 7. The van der Waals surface area contributed by atoms with Crippen molar-refractivity contribution in [2.24, 2.45) is 10.7 Å². The third kappa shape index (κ3) is 5.27. The van der Waals surface area contributed by atoms with E-state index in [1.165, 1.54) is 29.7 Å². The molecule has 0 bridgehead atoms. The molecule has 1 aromatic carbocycles. The minimum atomic E-state index is -3.21. The van der Waals surface area contributed by atoms with Gasteiger partial charge in [-0.3, -0.25) is 0 Å². The second kappa shape index (κ2) is 7.62. The third-order valence-electron chi connectivity index (χ3n) is 3.22. The maximum atomic E-state index is 11.4. The van der Waals surface area contributed by atoms with E-state index in [9.17, 15) is 8.42 Å². The van der Waals surface area contributed by atoms with Crippen LogP contribution in [0.3, 0.4) is 0 Å². The normalized spacial score (nSPS) is 12.5. The van der Waals surface area contributed by atoms with E-state index in [1.807, 2.05) is 13.8 Å². The number of hydrogen-bond donors (Lipinski definition) is 2. The summed E-state index contributed by atoms with van der Waals surface area (Å²) in [5, 5.41) is 3.94. The topological polar surface area (TPSA) is 97.4 Å². The minimum absolute atomic E-state index is 0.262. The molecule has 8 heteroatoms. The van der Waals surface area contributed by atoms with Gasteiger partial charge in [0.05, 0.1) is 26.2 Å². The SMILES string of the molecule is C=C(/N=C\C=C(/N)c1sc(C)nc1C)Nc1ccc(S(C)(=O)=O)cc1. The first-order valence-electron chi connectivity index (χ1n) is 7.37. The van der Waals surface area contributed by atoms with E-state index < -0.39 is 9.84 Å². The molecule has 0 fully saturated rings. The summed E-state index contributed by atoms with van der Waals surface area (Å²) >= 11 is 1.53. The van der Waals surface area contributed by atoms with Gasteiger partial charge in [-0.2, -0.15) is 0 Å². The summed E-state index contributed by atoms with van der Waals surface area (Å²) in [5.74, 6) is 0.411. The molecule has 3 N–H and O–H groups in total. The van der Waals surface area contributed by atoms with Crippen LogP contribution in [0, 0.1) is 13.8 Å². The average molecular weight is 377 g/mol. The number of thiazole rings is 1. The molecule has 0 amide bonds. The fourth-order valence-corrected chi connectivity index (χ4v) is 3.55. The zero-order chi connectivity index (χ0) is 18.6. The van der Waals surface area contributed by atoms with E-state index >= 15 is 0 Å². The Morgan fingerprint density at radius 2 is 1.96 bits per heavy atom. The number of sulfone groups is 1. The molecular formula is C17H20N4O2S2. The van der Waals surface area contributed by atoms with Crippen molar-refractivity contribution in [3.05, 3.63) is 58.3 Å². The van der Waals surface area contributed by atoms with Crippen molar-refractivity contribution in [3.8, 4) is 0 Å². The maximum Gasteiger partial charge on any atom is 0.175 e. The van der Waals surface area contributed by atoms with Gasteiger partial charge in [0.25, 0.3) is 0 Å². The number of rotatable bonds is 6. The lowest BCUT2D eigenvalue weighted by molar-refractivity contribution is 0.602. The molecule has 132 valence electrons. The van der Waals surface area contributed by atoms with Crippen LogP contribution in [0.1, 0.15) is 15.6 Å². The second-order valence-corrected chi connectivity index (χ2v) is 8.63. The first kappa shape index (κ1) is 18.9. The highest BCUT2D eigenvalue weighted by Crippen LogP contribution is 2.22. The number of nitrogens with two attached hydrogens (primary N) is 1. The number of aromatic nitrogens is 1. The third-order valence-corrected chi connectivity index (χ3v) is 5.47. The van der Waals surface area contributed by atoms with Crippen LogP contribution >= 0.6 is 11.3 Å². The van der Waals surface area contributed by atoms with Gasteiger partial charge in [0.15, 0.2) is 9.84 Å². The van der Waals surface area contributed by atoms with Gasteiger partial charge in [-0.05, 0) is 44.2 Å². The van der Waals surface area contributed by atoms with Crippen molar-refractivity contribution < 1.29 is 8.42 Å². The maximum absolute atomic E-state index is 11.4. The summed E-state index contributed by atoms with van der Waals surface area (Å²) in [7, 11) is -3.21. The van der Waals surface area contributed by atoms with Crippen molar-refractivity contribution >= 4 is 38.8 Å². The molecular weight excluding hydrogens is 356 g/mol. The van der Waals surface area contributed by atoms with Crippen LogP contribution in [0.2, 0.25) is 0 Å². The molecule has 0 unspecified atom stereocenters. The fraction of sp³-hybridized carbons (Fsp3) is 0.176. The molecule has 1 heterocycles. The number of nitrogens with one attached hydrogen (secondary N) is 1. The molecule has 0 aliphatic carbocycles. The van der Waals surface area contributed by atoms with Crippen molar-refractivity contribution in [1.29, 1.82) is 0 Å². The molecule has 0 aliphatic rings. The number of aliphatic imine (C=N–C) groups is 1. The van der Waals surface area contributed by atoms with Gasteiger partial charge in [0.1, 0.15) is 5.82 Å². The van der Waals surface area contributed by atoms with Crippen molar-refractivity contribution in [2.45, 2.75) is 18.7 Å². The Balaban J connectivity index is 2.01. The summed E-state index contributed by atoms with van der Waals surface area (Å²) in [6, 6.07) is 6.37. The number of allylic oxidation sites excluding steroid dienone is 1. The van der Waals surface area contributed by atoms with E-state index in [-0.39, 0.29) is 4.90 Å². The lowest BCUT2D eigenvalue weighted by atomic mass is 10.3. The Morgan fingerprint density at radius 1 is 1.32 bits per heavy atom. The standard InChI is InChI=1S/C17H20N4O2S2/c1-11-17(24-13(3)20-11)16(18)9-10-19-12(2)21-14-5-7-15(8-6-14)25(4,22)23/h5-10,21H,2,18H2,1,3-4H3/b16-9-,19-10-. The number of aryl methyl sites for hydroxylation is 2. The Morgan fingerprint density at radius 3 is 2.48 bits per heavy atom. The van der Waals surface area contributed by atoms with Crippen LogP contribution in [-0.2, 0) is 9.84 Å². The van der Waals surface area contributed by atoms with E-state index in [1.54, 1.807) is 24.4 Å². The van der Waals surface area contributed by atoms with E-state index in [4.69, 9.17) is 5.73 Å².